The highest BCUT2D eigenvalue weighted by molar-refractivity contribution is 7.99. The number of nitrogens with one attached hydrogen (secondary N) is 2. The van der Waals surface area contributed by atoms with E-state index >= 15 is 0 Å². The molecule has 0 bridgehead atoms. The molecule has 0 unspecified atom stereocenters. The van der Waals surface area contributed by atoms with E-state index in [1.54, 1.807) is 11.3 Å². The minimum Gasteiger partial charge on any atom is -0.374 e. The van der Waals surface area contributed by atoms with Crippen LogP contribution < -0.4 is 10.6 Å². The first kappa shape index (κ1) is 15.2. The van der Waals surface area contributed by atoms with Crippen molar-refractivity contribution in [1.29, 1.82) is 0 Å². The number of hydrogen-bond donors (Lipinski definition) is 2. The van der Waals surface area contributed by atoms with Crippen molar-refractivity contribution in [3.63, 3.8) is 0 Å². The largest absolute Gasteiger partial charge is 0.374 e. The van der Waals surface area contributed by atoms with Crippen LogP contribution in [0.4, 0.5) is 4.79 Å². The summed E-state index contributed by atoms with van der Waals surface area (Å²) in [5.74, 6) is 2.25. The number of carbonyl (C=O) groups is 1. The zero-order chi connectivity index (χ0) is 14.7. The lowest BCUT2D eigenvalue weighted by atomic mass is 9.90. The molecule has 0 saturated carbocycles. The topological polar surface area (TPSA) is 50.4 Å². The second kappa shape index (κ2) is 6.58. The van der Waals surface area contributed by atoms with Gasteiger partial charge in [0.25, 0.3) is 0 Å². The summed E-state index contributed by atoms with van der Waals surface area (Å²) >= 11 is 3.68. The number of urea groups is 1. The van der Waals surface area contributed by atoms with E-state index in [9.17, 15) is 4.79 Å². The lowest BCUT2D eigenvalue weighted by Gasteiger charge is -2.37. The molecule has 21 heavy (non-hydrogen) atoms. The van der Waals surface area contributed by atoms with E-state index in [2.05, 4.69) is 29.7 Å². The molecular weight excluding hydrogens is 304 g/mol. The third-order valence-electron chi connectivity index (χ3n) is 4.11. The highest BCUT2D eigenvalue weighted by Gasteiger charge is 2.40. The fraction of sp³-hybridized carbons (Fsp3) is 0.667. The molecule has 2 aliphatic rings. The second-order valence-electron chi connectivity index (χ2n) is 5.86. The molecule has 2 atom stereocenters. The van der Waals surface area contributed by atoms with Crippen LogP contribution in [0.15, 0.2) is 12.1 Å². The Morgan fingerprint density at radius 2 is 2.43 bits per heavy atom. The van der Waals surface area contributed by atoms with Crippen molar-refractivity contribution in [2.24, 2.45) is 0 Å². The molecule has 1 aromatic rings. The van der Waals surface area contributed by atoms with Crippen LogP contribution in [0.5, 0.6) is 0 Å². The summed E-state index contributed by atoms with van der Waals surface area (Å²) in [5, 5.41) is 6.07. The van der Waals surface area contributed by atoms with E-state index in [0.717, 1.165) is 31.6 Å². The Morgan fingerprint density at radius 1 is 1.52 bits per heavy atom. The van der Waals surface area contributed by atoms with Crippen molar-refractivity contribution in [2.45, 2.75) is 44.4 Å². The summed E-state index contributed by atoms with van der Waals surface area (Å²) < 4.78 is 5.98. The Bertz CT molecular complexity index is 498. The Morgan fingerprint density at radius 3 is 3.14 bits per heavy atom. The van der Waals surface area contributed by atoms with E-state index in [1.807, 2.05) is 11.8 Å². The third-order valence-corrected chi connectivity index (χ3v) is 6.34. The van der Waals surface area contributed by atoms with Crippen LogP contribution in [-0.4, -0.2) is 35.8 Å². The summed E-state index contributed by atoms with van der Waals surface area (Å²) in [6.07, 6.45) is 2.98. The van der Waals surface area contributed by atoms with Gasteiger partial charge in [0.15, 0.2) is 0 Å². The monoisotopic (exact) mass is 326 g/mol. The molecule has 0 aromatic carbocycles. The maximum Gasteiger partial charge on any atom is 0.315 e. The van der Waals surface area contributed by atoms with Crippen LogP contribution in [0.2, 0.25) is 0 Å². The molecule has 2 N–H and O–H groups in total. The SMILES string of the molecule is Cc1ccc(CNC(=O)N[C@H]2CCO[C@@]3(CCSC3)C2)s1. The molecular formula is C15H22N2O2S2. The van der Waals surface area contributed by atoms with Gasteiger partial charge >= 0.3 is 6.03 Å². The normalized spacial score (nSPS) is 28.7. The number of hydrogen-bond acceptors (Lipinski definition) is 4. The number of amides is 2. The Kier molecular flexibility index (Phi) is 4.76. The summed E-state index contributed by atoms with van der Waals surface area (Å²) in [6.45, 7) is 3.44. The van der Waals surface area contributed by atoms with E-state index in [0.29, 0.717) is 6.54 Å². The predicted molar refractivity (Wildman–Crippen MR) is 88.1 cm³/mol. The van der Waals surface area contributed by atoms with Gasteiger partial charge in [-0.25, -0.2) is 4.79 Å². The van der Waals surface area contributed by atoms with Crippen LogP contribution >= 0.6 is 23.1 Å². The molecule has 0 radical (unpaired) electrons. The lowest BCUT2D eigenvalue weighted by molar-refractivity contribution is -0.0684. The van der Waals surface area contributed by atoms with Crippen molar-refractivity contribution in [3.8, 4) is 0 Å². The van der Waals surface area contributed by atoms with Gasteiger partial charge in [-0.1, -0.05) is 0 Å². The maximum atomic E-state index is 12.0. The fourth-order valence-electron chi connectivity index (χ4n) is 3.00. The van der Waals surface area contributed by atoms with E-state index < -0.39 is 0 Å². The zero-order valence-corrected chi connectivity index (χ0v) is 13.9. The molecule has 6 heteroatoms. The van der Waals surface area contributed by atoms with Gasteiger partial charge in [0.2, 0.25) is 0 Å². The molecule has 4 nitrogen and oxygen atoms in total. The standard InChI is InChI=1S/C15H22N2O2S2/c1-11-2-3-13(21-11)9-16-14(18)17-12-4-6-19-15(8-12)5-7-20-10-15/h2-3,12H,4-10H2,1H3,(H2,16,17,18)/t12-,15-/m0/s1. The lowest BCUT2D eigenvalue weighted by Crippen LogP contribution is -2.50. The predicted octanol–water partition coefficient (Wildman–Crippen LogP) is 2.91. The maximum absolute atomic E-state index is 12.0. The van der Waals surface area contributed by atoms with E-state index in [4.69, 9.17) is 4.74 Å². The third kappa shape index (κ3) is 3.93. The number of aryl methyl sites for hydroxylation is 1. The van der Waals surface area contributed by atoms with Crippen molar-refractivity contribution in [3.05, 3.63) is 21.9 Å². The number of carbonyl (C=O) groups excluding carboxylic acids is 1. The number of rotatable bonds is 3. The van der Waals surface area contributed by atoms with Crippen LogP contribution in [0.3, 0.4) is 0 Å². The molecule has 2 saturated heterocycles. The first-order valence-electron chi connectivity index (χ1n) is 7.47. The van der Waals surface area contributed by atoms with Gasteiger partial charge in [-0.3, -0.25) is 0 Å². The van der Waals surface area contributed by atoms with Gasteiger partial charge in [-0.15, -0.1) is 11.3 Å². The van der Waals surface area contributed by atoms with Gasteiger partial charge in [0.05, 0.1) is 12.1 Å². The Balaban J connectivity index is 1.46. The quantitative estimate of drug-likeness (QED) is 0.898. The number of ether oxygens (including phenoxy) is 1. The average Bonchev–Trinajstić information content (AvgIpc) is 3.06. The molecule has 3 heterocycles. The molecule has 2 amide bonds. The van der Waals surface area contributed by atoms with Gasteiger partial charge in [-0.05, 0) is 44.1 Å². The molecule has 3 rings (SSSR count). The van der Waals surface area contributed by atoms with Crippen LogP contribution in [-0.2, 0) is 11.3 Å². The molecule has 2 fully saturated rings. The van der Waals surface area contributed by atoms with Gasteiger partial charge in [-0.2, -0.15) is 11.8 Å². The second-order valence-corrected chi connectivity index (χ2v) is 8.34. The Labute approximate surface area is 134 Å². The van der Waals surface area contributed by atoms with Crippen LogP contribution in [0, 0.1) is 6.92 Å². The Hall–Kier alpha value is -0.720. The highest BCUT2D eigenvalue weighted by Crippen LogP contribution is 2.38. The molecule has 116 valence electrons. The van der Waals surface area contributed by atoms with Crippen molar-refractivity contribution >= 4 is 29.1 Å². The van der Waals surface area contributed by atoms with E-state index in [1.165, 1.54) is 15.5 Å². The minimum atomic E-state index is -0.0613. The summed E-state index contributed by atoms with van der Waals surface area (Å²) in [7, 11) is 0. The van der Waals surface area contributed by atoms with Crippen molar-refractivity contribution < 1.29 is 9.53 Å². The van der Waals surface area contributed by atoms with Gasteiger partial charge < -0.3 is 15.4 Å². The number of thiophene rings is 1. The molecule has 2 aliphatic heterocycles. The van der Waals surface area contributed by atoms with Crippen LogP contribution in [0.1, 0.15) is 29.0 Å². The molecule has 1 aromatic heterocycles. The van der Waals surface area contributed by atoms with Gasteiger partial charge in [0, 0.05) is 28.2 Å². The smallest absolute Gasteiger partial charge is 0.315 e. The highest BCUT2D eigenvalue weighted by atomic mass is 32.2. The molecule has 1 spiro atoms. The van der Waals surface area contributed by atoms with E-state index in [-0.39, 0.29) is 17.7 Å². The summed E-state index contributed by atoms with van der Waals surface area (Å²) in [4.78, 5) is 14.5. The zero-order valence-electron chi connectivity index (χ0n) is 12.3. The van der Waals surface area contributed by atoms with Crippen molar-refractivity contribution in [2.75, 3.05) is 18.1 Å². The average molecular weight is 326 g/mol. The molecule has 0 aliphatic carbocycles. The minimum absolute atomic E-state index is 0.0196. The van der Waals surface area contributed by atoms with Crippen molar-refractivity contribution in [1.82, 2.24) is 10.6 Å². The fourth-order valence-corrected chi connectivity index (χ4v) is 5.21. The summed E-state index contributed by atoms with van der Waals surface area (Å²) in [5.41, 5.74) is 0.0196. The van der Waals surface area contributed by atoms with Gasteiger partial charge in [0.1, 0.15) is 0 Å². The first-order chi connectivity index (χ1) is 10.2. The summed E-state index contributed by atoms with van der Waals surface area (Å²) in [6, 6.07) is 4.33. The van der Waals surface area contributed by atoms with Crippen LogP contribution in [0.25, 0.3) is 0 Å². The number of thioether (sulfide) groups is 1. The first-order valence-corrected chi connectivity index (χ1v) is 9.44.